The third kappa shape index (κ3) is 3.96. The molecule has 132 valence electrons. The zero-order valence-corrected chi connectivity index (χ0v) is 15.4. The molecule has 2 heterocycles. The van der Waals surface area contributed by atoms with Crippen molar-refractivity contribution in [1.29, 1.82) is 0 Å². The van der Waals surface area contributed by atoms with Crippen molar-refractivity contribution >= 4 is 27.7 Å². The summed E-state index contributed by atoms with van der Waals surface area (Å²) in [5.41, 5.74) is 5.90. The normalized spacial score (nSPS) is 12.6. The van der Waals surface area contributed by atoms with Crippen LogP contribution in [-0.4, -0.2) is 25.0 Å². The summed E-state index contributed by atoms with van der Waals surface area (Å²) in [6.07, 6.45) is 0.0703. The molecule has 0 saturated carbocycles. The number of amides is 2. The van der Waals surface area contributed by atoms with E-state index in [0.29, 0.717) is 41.8 Å². The minimum absolute atomic E-state index is 0.0703. The standard InChI is InChI=1S/C17H17BrN2O5/c1-9-5-12(10(2)25-9)17(22)20-19-16(21)7-11-6-14-15(8-13(11)18)24-4-3-23-14/h5-6,8H,3-4,7H2,1-2H3,(H,19,21)(H,20,22). The SMILES string of the molecule is Cc1cc(C(=O)NNC(=O)Cc2cc3c(cc2Br)OCCO3)c(C)o1. The van der Waals surface area contributed by atoms with Gasteiger partial charge in [0.15, 0.2) is 11.5 Å². The van der Waals surface area contributed by atoms with E-state index in [1.54, 1.807) is 32.0 Å². The third-order valence-corrected chi connectivity index (χ3v) is 4.40. The lowest BCUT2D eigenvalue weighted by atomic mass is 10.1. The molecule has 2 aromatic rings. The number of hydrogen-bond donors (Lipinski definition) is 2. The Morgan fingerprint density at radius 3 is 2.40 bits per heavy atom. The van der Waals surface area contributed by atoms with Crippen molar-refractivity contribution in [3.63, 3.8) is 0 Å². The summed E-state index contributed by atoms with van der Waals surface area (Å²) in [6, 6.07) is 5.14. The fourth-order valence-electron chi connectivity index (χ4n) is 2.51. The monoisotopic (exact) mass is 408 g/mol. The van der Waals surface area contributed by atoms with Crippen molar-refractivity contribution < 1.29 is 23.5 Å². The van der Waals surface area contributed by atoms with Gasteiger partial charge in [0.25, 0.3) is 5.91 Å². The Balaban J connectivity index is 1.61. The molecule has 0 aliphatic carbocycles. The van der Waals surface area contributed by atoms with Gasteiger partial charge in [-0.2, -0.15) is 0 Å². The van der Waals surface area contributed by atoms with Crippen LogP contribution in [0.25, 0.3) is 0 Å². The van der Waals surface area contributed by atoms with Crippen molar-refractivity contribution in [3.8, 4) is 11.5 Å². The summed E-state index contributed by atoms with van der Waals surface area (Å²) in [6.45, 7) is 4.41. The van der Waals surface area contributed by atoms with Gasteiger partial charge in [0.2, 0.25) is 5.91 Å². The second-order valence-electron chi connectivity index (χ2n) is 5.59. The van der Waals surface area contributed by atoms with Gasteiger partial charge in [-0.3, -0.25) is 20.4 Å². The van der Waals surface area contributed by atoms with Gasteiger partial charge in [-0.15, -0.1) is 0 Å². The van der Waals surface area contributed by atoms with E-state index in [0.717, 1.165) is 10.0 Å². The number of benzene rings is 1. The number of aryl methyl sites for hydroxylation is 2. The zero-order chi connectivity index (χ0) is 18.0. The molecule has 0 radical (unpaired) electrons. The van der Waals surface area contributed by atoms with Gasteiger partial charge in [-0.05, 0) is 37.6 Å². The predicted molar refractivity (Wildman–Crippen MR) is 92.6 cm³/mol. The molecule has 8 heteroatoms. The Morgan fingerprint density at radius 2 is 1.76 bits per heavy atom. The molecule has 1 aliphatic heterocycles. The van der Waals surface area contributed by atoms with Gasteiger partial charge in [-0.25, -0.2) is 0 Å². The molecule has 0 fully saturated rings. The summed E-state index contributed by atoms with van der Waals surface area (Å²) < 4.78 is 17.0. The van der Waals surface area contributed by atoms with Crippen molar-refractivity contribution in [2.45, 2.75) is 20.3 Å². The second kappa shape index (κ2) is 7.18. The number of hydrogen-bond acceptors (Lipinski definition) is 5. The maximum Gasteiger partial charge on any atom is 0.273 e. The quantitative estimate of drug-likeness (QED) is 0.761. The summed E-state index contributed by atoms with van der Waals surface area (Å²) >= 11 is 3.42. The van der Waals surface area contributed by atoms with E-state index >= 15 is 0 Å². The maximum absolute atomic E-state index is 12.1. The molecule has 25 heavy (non-hydrogen) atoms. The number of halogens is 1. The highest BCUT2D eigenvalue weighted by atomic mass is 79.9. The average molecular weight is 409 g/mol. The summed E-state index contributed by atoms with van der Waals surface area (Å²) in [5.74, 6) is 1.59. The van der Waals surface area contributed by atoms with Crippen molar-refractivity contribution in [3.05, 3.63) is 45.3 Å². The first-order valence-corrected chi connectivity index (χ1v) is 8.47. The Bertz CT molecular complexity index is 831. The molecular weight excluding hydrogens is 392 g/mol. The minimum atomic E-state index is -0.427. The van der Waals surface area contributed by atoms with Crippen molar-refractivity contribution in [2.24, 2.45) is 0 Å². The van der Waals surface area contributed by atoms with E-state index in [4.69, 9.17) is 13.9 Å². The third-order valence-electron chi connectivity index (χ3n) is 3.66. The molecule has 2 amide bonds. The summed E-state index contributed by atoms with van der Waals surface area (Å²) in [5, 5.41) is 0. The van der Waals surface area contributed by atoms with Crippen LogP contribution in [0.3, 0.4) is 0 Å². The topological polar surface area (TPSA) is 89.8 Å². The van der Waals surface area contributed by atoms with Gasteiger partial charge in [0.05, 0.1) is 12.0 Å². The van der Waals surface area contributed by atoms with Crippen LogP contribution in [0.1, 0.15) is 27.4 Å². The fraction of sp³-hybridized carbons (Fsp3) is 0.294. The number of carbonyl (C=O) groups excluding carboxylic acids is 2. The van der Waals surface area contributed by atoms with Crippen LogP contribution in [0, 0.1) is 13.8 Å². The van der Waals surface area contributed by atoms with Crippen molar-refractivity contribution in [1.82, 2.24) is 10.9 Å². The number of nitrogens with one attached hydrogen (secondary N) is 2. The van der Waals surface area contributed by atoms with E-state index < -0.39 is 5.91 Å². The lowest BCUT2D eigenvalue weighted by Crippen LogP contribution is -2.42. The maximum atomic E-state index is 12.1. The molecule has 0 saturated heterocycles. The first-order valence-electron chi connectivity index (χ1n) is 7.68. The van der Waals surface area contributed by atoms with Crippen LogP contribution < -0.4 is 20.3 Å². The molecule has 2 N–H and O–H groups in total. The largest absolute Gasteiger partial charge is 0.486 e. The van der Waals surface area contributed by atoms with Crippen LogP contribution >= 0.6 is 15.9 Å². The van der Waals surface area contributed by atoms with Crippen LogP contribution in [0.4, 0.5) is 0 Å². The molecule has 3 rings (SSSR count). The molecular formula is C17H17BrN2O5. The van der Waals surface area contributed by atoms with Gasteiger partial charge in [0, 0.05) is 4.47 Å². The Hall–Kier alpha value is -2.48. The van der Waals surface area contributed by atoms with Gasteiger partial charge in [0.1, 0.15) is 24.7 Å². The first-order chi connectivity index (χ1) is 11.9. The van der Waals surface area contributed by atoms with Gasteiger partial charge in [-0.1, -0.05) is 15.9 Å². The Labute approximate surface area is 152 Å². The first kappa shape index (κ1) is 17.3. The van der Waals surface area contributed by atoms with E-state index in [9.17, 15) is 9.59 Å². The molecule has 0 spiro atoms. The fourth-order valence-corrected chi connectivity index (χ4v) is 2.97. The number of furan rings is 1. The van der Waals surface area contributed by atoms with Crippen molar-refractivity contribution in [2.75, 3.05) is 13.2 Å². The number of ether oxygens (including phenoxy) is 2. The highest BCUT2D eigenvalue weighted by Gasteiger charge is 2.18. The van der Waals surface area contributed by atoms with E-state index in [1.165, 1.54) is 0 Å². The molecule has 0 bridgehead atoms. The number of rotatable bonds is 3. The molecule has 0 atom stereocenters. The van der Waals surface area contributed by atoms with Crippen LogP contribution in [0.5, 0.6) is 11.5 Å². The molecule has 1 aromatic carbocycles. The molecule has 0 unspecified atom stereocenters. The lowest BCUT2D eigenvalue weighted by molar-refractivity contribution is -0.121. The second-order valence-corrected chi connectivity index (χ2v) is 6.45. The number of hydrazine groups is 1. The number of fused-ring (bicyclic) bond motifs is 1. The minimum Gasteiger partial charge on any atom is -0.486 e. The molecule has 7 nitrogen and oxygen atoms in total. The predicted octanol–water partition coefficient (Wildman–Crippen LogP) is 2.43. The highest BCUT2D eigenvalue weighted by molar-refractivity contribution is 9.10. The van der Waals surface area contributed by atoms with Crippen LogP contribution in [0.15, 0.2) is 27.1 Å². The van der Waals surface area contributed by atoms with E-state index in [2.05, 4.69) is 26.8 Å². The molecule has 1 aliphatic rings. The van der Waals surface area contributed by atoms with Gasteiger partial charge < -0.3 is 13.9 Å². The number of carbonyl (C=O) groups is 2. The summed E-state index contributed by atoms with van der Waals surface area (Å²) in [7, 11) is 0. The highest BCUT2D eigenvalue weighted by Crippen LogP contribution is 2.35. The van der Waals surface area contributed by atoms with Gasteiger partial charge >= 0.3 is 0 Å². The molecule has 1 aromatic heterocycles. The Morgan fingerprint density at radius 1 is 1.08 bits per heavy atom. The van der Waals surface area contributed by atoms with E-state index in [1.807, 2.05) is 0 Å². The van der Waals surface area contributed by atoms with E-state index in [-0.39, 0.29) is 12.3 Å². The Kier molecular flexibility index (Phi) is 4.98. The van der Waals surface area contributed by atoms with Crippen LogP contribution in [-0.2, 0) is 11.2 Å². The summed E-state index contributed by atoms with van der Waals surface area (Å²) in [4.78, 5) is 24.2. The average Bonchev–Trinajstić information content (AvgIpc) is 2.92. The zero-order valence-electron chi connectivity index (χ0n) is 13.8. The van der Waals surface area contributed by atoms with Crippen LogP contribution in [0.2, 0.25) is 0 Å². The lowest BCUT2D eigenvalue weighted by Gasteiger charge is -2.19. The smallest absolute Gasteiger partial charge is 0.273 e.